The van der Waals surface area contributed by atoms with Gasteiger partial charge in [-0.3, -0.25) is 0 Å². The lowest BCUT2D eigenvalue weighted by molar-refractivity contribution is 0.0801. The predicted molar refractivity (Wildman–Crippen MR) is 80.7 cm³/mol. The number of carbonyl (C=O) groups excluding carboxylic acids is 1. The molecule has 4 nitrogen and oxygen atoms in total. The van der Waals surface area contributed by atoms with Crippen molar-refractivity contribution in [3.8, 4) is 0 Å². The van der Waals surface area contributed by atoms with Crippen molar-refractivity contribution in [1.29, 1.82) is 0 Å². The Kier molecular flexibility index (Phi) is 5.70. The Balaban J connectivity index is 1.87. The monoisotopic (exact) mass is 282 g/mol. The van der Waals surface area contributed by atoms with Crippen LogP contribution in [0.15, 0.2) is 0 Å². The lowest BCUT2D eigenvalue weighted by Gasteiger charge is -2.37. The maximum atomic E-state index is 12.5. The molecular formula is C16H30N2O2. The maximum Gasteiger partial charge on any atom is 0.317 e. The van der Waals surface area contributed by atoms with E-state index < -0.39 is 0 Å². The molecule has 2 amide bonds. The molecule has 0 aromatic rings. The number of ether oxygens (including phenoxy) is 1. The first-order valence-corrected chi connectivity index (χ1v) is 8.28. The summed E-state index contributed by atoms with van der Waals surface area (Å²) < 4.78 is 5.65. The SMILES string of the molecule is CCN(C[C@@H]1CCCO1)C(=O)NC1[C@H](C)CCC[C@H]1C. The van der Waals surface area contributed by atoms with Gasteiger partial charge in [0.25, 0.3) is 0 Å². The Morgan fingerprint density at radius 3 is 2.45 bits per heavy atom. The average Bonchev–Trinajstić information content (AvgIpc) is 2.93. The minimum absolute atomic E-state index is 0.0913. The molecule has 0 unspecified atom stereocenters. The van der Waals surface area contributed by atoms with Crippen molar-refractivity contribution in [2.75, 3.05) is 19.7 Å². The Bertz CT molecular complexity index is 306. The van der Waals surface area contributed by atoms with Crippen LogP contribution in [0.5, 0.6) is 0 Å². The van der Waals surface area contributed by atoms with Crippen LogP contribution in [0.25, 0.3) is 0 Å². The summed E-state index contributed by atoms with van der Waals surface area (Å²) in [6.45, 7) is 8.90. The number of rotatable bonds is 4. The number of nitrogens with one attached hydrogen (secondary N) is 1. The van der Waals surface area contributed by atoms with E-state index in [1.54, 1.807) is 0 Å². The summed E-state index contributed by atoms with van der Waals surface area (Å²) in [5, 5.41) is 3.27. The molecule has 1 N–H and O–H groups in total. The Morgan fingerprint density at radius 2 is 1.90 bits per heavy atom. The Hall–Kier alpha value is -0.770. The van der Waals surface area contributed by atoms with E-state index in [1.165, 1.54) is 19.3 Å². The molecule has 0 radical (unpaired) electrons. The fourth-order valence-corrected chi connectivity index (χ4v) is 3.59. The third-order valence-electron chi connectivity index (χ3n) is 4.95. The zero-order chi connectivity index (χ0) is 14.5. The van der Waals surface area contributed by atoms with Crippen molar-refractivity contribution < 1.29 is 9.53 Å². The van der Waals surface area contributed by atoms with Gasteiger partial charge in [-0.15, -0.1) is 0 Å². The third kappa shape index (κ3) is 3.87. The second-order valence-electron chi connectivity index (χ2n) is 6.53. The van der Waals surface area contributed by atoms with Crippen LogP contribution in [0.1, 0.15) is 52.9 Å². The molecule has 2 fully saturated rings. The summed E-state index contributed by atoms with van der Waals surface area (Å²) >= 11 is 0. The van der Waals surface area contributed by atoms with Crippen LogP contribution in [-0.2, 0) is 4.74 Å². The first-order chi connectivity index (χ1) is 9.61. The van der Waals surface area contributed by atoms with E-state index in [9.17, 15) is 4.79 Å². The van der Waals surface area contributed by atoms with Crippen molar-refractivity contribution in [3.63, 3.8) is 0 Å². The molecule has 0 bridgehead atoms. The summed E-state index contributed by atoms with van der Waals surface area (Å²) in [5.41, 5.74) is 0. The van der Waals surface area contributed by atoms with E-state index in [4.69, 9.17) is 4.74 Å². The van der Waals surface area contributed by atoms with Gasteiger partial charge in [-0.1, -0.05) is 20.3 Å². The maximum absolute atomic E-state index is 12.5. The van der Waals surface area contributed by atoms with Crippen LogP contribution in [0.3, 0.4) is 0 Å². The lowest BCUT2D eigenvalue weighted by Crippen LogP contribution is -2.52. The molecule has 20 heavy (non-hydrogen) atoms. The lowest BCUT2D eigenvalue weighted by atomic mass is 9.79. The van der Waals surface area contributed by atoms with Crippen molar-refractivity contribution in [3.05, 3.63) is 0 Å². The Morgan fingerprint density at radius 1 is 1.20 bits per heavy atom. The second kappa shape index (κ2) is 7.30. The molecule has 0 aromatic carbocycles. The molecule has 1 aliphatic heterocycles. The number of hydrogen-bond acceptors (Lipinski definition) is 2. The molecule has 2 rings (SSSR count). The number of carbonyl (C=O) groups is 1. The van der Waals surface area contributed by atoms with E-state index in [-0.39, 0.29) is 12.1 Å². The number of amides is 2. The van der Waals surface area contributed by atoms with Gasteiger partial charge in [0.2, 0.25) is 0 Å². The van der Waals surface area contributed by atoms with Crippen LogP contribution in [-0.4, -0.2) is 42.8 Å². The minimum atomic E-state index is 0.0913. The van der Waals surface area contributed by atoms with Crippen LogP contribution in [0.2, 0.25) is 0 Å². The summed E-state index contributed by atoms with van der Waals surface area (Å²) in [5.74, 6) is 1.17. The molecule has 1 saturated carbocycles. The number of hydrogen-bond donors (Lipinski definition) is 1. The van der Waals surface area contributed by atoms with Crippen LogP contribution in [0, 0.1) is 11.8 Å². The molecule has 116 valence electrons. The van der Waals surface area contributed by atoms with Gasteiger partial charge < -0.3 is 15.0 Å². The number of nitrogens with zero attached hydrogens (tertiary/aromatic N) is 1. The zero-order valence-electron chi connectivity index (χ0n) is 13.2. The highest BCUT2D eigenvalue weighted by atomic mass is 16.5. The molecule has 1 saturated heterocycles. The van der Waals surface area contributed by atoms with Gasteiger partial charge in [-0.2, -0.15) is 0 Å². The minimum Gasteiger partial charge on any atom is -0.376 e. The first-order valence-electron chi connectivity index (χ1n) is 8.28. The van der Waals surface area contributed by atoms with Gasteiger partial charge in [0.1, 0.15) is 0 Å². The topological polar surface area (TPSA) is 41.6 Å². The van der Waals surface area contributed by atoms with Crippen LogP contribution >= 0.6 is 0 Å². The van der Waals surface area contributed by atoms with E-state index in [0.717, 1.165) is 32.5 Å². The van der Waals surface area contributed by atoms with Gasteiger partial charge in [0, 0.05) is 25.7 Å². The van der Waals surface area contributed by atoms with Gasteiger partial charge >= 0.3 is 6.03 Å². The summed E-state index contributed by atoms with van der Waals surface area (Å²) in [7, 11) is 0. The first kappa shape index (κ1) is 15.6. The van der Waals surface area contributed by atoms with Crippen molar-refractivity contribution in [1.82, 2.24) is 10.2 Å². The highest BCUT2D eigenvalue weighted by molar-refractivity contribution is 5.74. The number of likely N-dealkylation sites (N-methyl/N-ethyl adjacent to an activating group) is 1. The van der Waals surface area contributed by atoms with E-state index in [0.29, 0.717) is 17.9 Å². The van der Waals surface area contributed by atoms with Crippen molar-refractivity contribution >= 4 is 6.03 Å². The van der Waals surface area contributed by atoms with E-state index >= 15 is 0 Å². The Labute approximate surface area is 123 Å². The van der Waals surface area contributed by atoms with E-state index in [2.05, 4.69) is 19.2 Å². The molecule has 1 heterocycles. The molecule has 2 aliphatic rings. The summed E-state index contributed by atoms with van der Waals surface area (Å²) in [6.07, 6.45) is 6.20. The van der Waals surface area contributed by atoms with Gasteiger partial charge in [0.05, 0.1) is 6.10 Å². The summed E-state index contributed by atoms with van der Waals surface area (Å²) in [4.78, 5) is 14.4. The highest BCUT2D eigenvalue weighted by Crippen LogP contribution is 2.29. The molecule has 0 aromatic heterocycles. The smallest absolute Gasteiger partial charge is 0.317 e. The van der Waals surface area contributed by atoms with Gasteiger partial charge in [-0.25, -0.2) is 4.79 Å². The molecule has 0 spiro atoms. The number of urea groups is 1. The largest absolute Gasteiger partial charge is 0.376 e. The highest BCUT2D eigenvalue weighted by Gasteiger charge is 2.30. The predicted octanol–water partition coefficient (Wildman–Crippen LogP) is 3.02. The molecular weight excluding hydrogens is 252 g/mol. The van der Waals surface area contributed by atoms with Crippen molar-refractivity contribution in [2.45, 2.75) is 65.0 Å². The third-order valence-corrected chi connectivity index (χ3v) is 4.95. The molecule has 1 aliphatic carbocycles. The molecule has 4 heteroatoms. The quantitative estimate of drug-likeness (QED) is 0.861. The average molecular weight is 282 g/mol. The fourth-order valence-electron chi connectivity index (χ4n) is 3.59. The van der Waals surface area contributed by atoms with Crippen LogP contribution < -0.4 is 5.32 Å². The standard InChI is InChI=1S/C16H30N2O2/c1-4-18(11-14-9-6-10-20-14)16(19)17-15-12(2)7-5-8-13(15)3/h12-15H,4-11H2,1-3H3,(H,17,19)/t12-,13-,14+/m1/s1. The summed E-state index contributed by atoms with van der Waals surface area (Å²) in [6, 6.07) is 0.420. The second-order valence-corrected chi connectivity index (χ2v) is 6.53. The van der Waals surface area contributed by atoms with Gasteiger partial charge in [-0.05, 0) is 44.4 Å². The van der Waals surface area contributed by atoms with Crippen molar-refractivity contribution in [2.24, 2.45) is 11.8 Å². The normalized spacial score (nSPS) is 31.2. The van der Waals surface area contributed by atoms with Crippen LogP contribution in [0.4, 0.5) is 4.79 Å². The van der Waals surface area contributed by atoms with Gasteiger partial charge in [0.15, 0.2) is 0 Å². The molecule has 3 atom stereocenters. The zero-order valence-corrected chi connectivity index (χ0v) is 13.2. The van der Waals surface area contributed by atoms with E-state index in [1.807, 2.05) is 11.8 Å². The fraction of sp³-hybridized carbons (Fsp3) is 0.938.